The minimum absolute atomic E-state index is 0.171. The lowest BCUT2D eigenvalue weighted by Crippen LogP contribution is -2.37. The molecule has 1 aliphatic rings. The number of rotatable bonds is 4. The molecule has 0 saturated carbocycles. The minimum Gasteiger partial charge on any atom is -0.465 e. The van der Waals surface area contributed by atoms with Crippen LogP contribution in [-0.2, 0) is 4.74 Å². The van der Waals surface area contributed by atoms with Gasteiger partial charge in [0.25, 0.3) is 5.91 Å². The molecule has 1 fully saturated rings. The van der Waals surface area contributed by atoms with Crippen molar-refractivity contribution in [2.45, 2.75) is 19.4 Å². The molecule has 108 valence electrons. The van der Waals surface area contributed by atoms with E-state index < -0.39 is 5.97 Å². The van der Waals surface area contributed by atoms with Crippen LogP contribution >= 0.6 is 0 Å². The molecule has 2 rings (SSSR count). The number of ether oxygens (including phenoxy) is 1. The largest absolute Gasteiger partial charge is 0.465 e. The van der Waals surface area contributed by atoms with E-state index in [9.17, 15) is 9.59 Å². The molecule has 1 aliphatic heterocycles. The van der Waals surface area contributed by atoms with Crippen molar-refractivity contribution in [2.75, 3.05) is 26.7 Å². The number of nitrogens with zero attached hydrogens (tertiary/aromatic N) is 2. The van der Waals surface area contributed by atoms with Gasteiger partial charge in [-0.2, -0.15) is 0 Å². The van der Waals surface area contributed by atoms with Crippen LogP contribution in [0.5, 0.6) is 0 Å². The van der Waals surface area contributed by atoms with Crippen LogP contribution in [0.2, 0.25) is 0 Å². The van der Waals surface area contributed by atoms with Gasteiger partial charge in [-0.1, -0.05) is 6.92 Å². The number of hydrogen-bond donors (Lipinski definition) is 1. The Labute approximate surface area is 118 Å². The number of amides is 1. The van der Waals surface area contributed by atoms with Crippen LogP contribution < -0.4 is 5.32 Å². The molecule has 1 amide bonds. The molecule has 1 aromatic rings. The van der Waals surface area contributed by atoms with Gasteiger partial charge in [0.05, 0.1) is 12.7 Å². The maximum atomic E-state index is 12.0. The third kappa shape index (κ3) is 3.33. The van der Waals surface area contributed by atoms with Crippen LogP contribution in [0.3, 0.4) is 0 Å². The number of pyridine rings is 1. The summed E-state index contributed by atoms with van der Waals surface area (Å²) in [7, 11) is 1.31. The van der Waals surface area contributed by atoms with Gasteiger partial charge in [0, 0.05) is 25.3 Å². The van der Waals surface area contributed by atoms with Crippen molar-refractivity contribution < 1.29 is 14.3 Å². The number of likely N-dealkylation sites (N-methyl/N-ethyl adjacent to an activating group) is 1. The summed E-state index contributed by atoms with van der Waals surface area (Å²) in [4.78, 5) is 29.6. The van der Waals surface area contributed by atoms with Crippen molar-refractivity contribution in [1.29, 1.82) is 0 Å². The molecule has 1 atom stereocenters. The van der Waals surface area contributed by atoms with E-state index in [0.29, 0.717) is 11.3 Å². The molecule has 0 spiro atoms. The predicted octanol–water partition coefficient (Wildman–Crippen LogP) is 0.692. The topological polar surface area (TPSA) is 71.5 Å². The molecule has 0 radical (unpaired) electrons. The van der Waals surface area contributed by atoms with Gasteiger partial charge in [-0.25, -0.2) is 4.79 Å². The zero-order chi connectivity index (χ0) is 14.5. The Balaban J connectivity index is 1.94. The third-order valence-electron chi connectivity index (χ3n) is 3.47. The van der Waals surface area contributed by atoms with Crippen molar-refractivity contribution >= 4 is 11.9 Å². The van der Waals surface area contributed by atoms with E-state index in [2.05, 4.69) is 26.9 Å². The fourth-order valence-corrected chi connectivity index (χ4v) is 2.26. The van der Waals surface area contributed by atoms with Gasteiger partial charge in [-0.15, -0.1) is 0 Å². The SMILES string of the molecule is CCN1CCC(NC(=O)c2ccc(C(=O)OC)cn2)C1. The predicted molar refractivity (Wildman–Crippen MR) is 73.6 cm³/mol. The summed E-state index contributed by atoms with van der Waals surface area (Å²) in [6, 6.07) is 3.25. The van der Waals surface area contributed by atoms with Gasteiger partial charge in [0.2, 0.25) is 0 Å². The number of methoxy groups -OCH3 is 1. The standard InChI is InChI=1S/C14H19N3O3/c1-3-17-7-6-11(9-17)16-13(18)12-5-4-10(8-15-12)14(19)20-2/h4-5,8,11H,3,6-7,9H2,1-2H3,(H,16,18). The van der Waals surface area contributed by atoms with Crippen LogP contribution in [0, 0.1) is 0 Å². The maximum Gasteiger partial charge on any atom is 0.339 e. The Kier molecular flexibility index (Phi) is 4.68. The highest BCUT2D eigenvalue weighted by atomic mass is 16.5. The number of carbonyl (C=O) groups is 2. The van der Waals surface area contributed by atoms with Gasteiger partial charge >= 0.3 is 5.97 Å². The van der Waals surface area contributed by atoms with Gasteiger partial charge < -0.3 is 15.0 Å². The number of nitrogens with one attached hydrogen (secondary N) is 1. The zero-order valence-corrected chi connectivity index (χ0v) is 11.8. The molecular formula is C14H19N3O3. The Hall–Kier alpha value is -1.95. The van der Waals surface area contributed by atoms with Crippen molar-refractivity contribution in [3.8, 4) is 0 Å². The van der Waals surface area contributed by atoms with Crippen LogP contribution in [0.25, 0.3) is 0 Å². The summed E-state index contributed by atoms with van der Waals surface area (Å²) in [6.45, 7) is 4.99. The summed E-state index contributed by atoms with van der Waals surface area (Å²) in [5.74, 6) is -0.664. The highest BCUT2D eigenvalue weighted by molar-refractivity contribution is 5.94. The second kappa shape index (κ2) is 6.47. The lowest BCUT2D eigenvalue weighted by Gasteiger charge is -2.14. The van der Waals surface area contributed by atoms with Crippen molar-refractivity contribution in [3.63, 3.8) is 0 Å². The monoisotopic (exact) mass is 277 g/mol. The first-order chi connectivity index (χ1) is 9.63. The van der Waals surface area contributed by atoms with Crippen molar-refractivity contribution in [2.24, 2.45) is 0 Å². The van der Waals surface area contributed by atoms with Crippen molar-refractivity contribution in [3.05, 3.63) is 29.6 Å². The number of hydrogen-bond acceptors (Lipinski definition) is 5. The molecule has 1 aromatic heterocycles. The average molecular weight is 277 g/mol. The molecule has 1 saturated heterocycles. The Bertz CT molecular complexity index is 487. The van der Waals surface area contributed by atoms with E-state index in [-0.39, 0.29) is 11.9 Å². The summed E-state index contributed by atoms with van der Waals surface area (Å²) < 4.78 is 4.58. The van der Waals surface area contributed by atoms with Crippen LogP contribution in [0.4, 0.5) is 0 Å². The molecule has 0 aromatic carbocycles. The molecule has 1 N–H and O–H groups in total. The lowest BCUT2D eigenvalue weighted by molar-refractivity contribution is 0.0599. The molecule has 6 nitrogen and oxygen atoms in total. The second-order valence-corrected chi connectivity index (χ2v) is 4.78. The number of esters is 1. The van der Waals surface area contributed by atoms with E-state index in [0.717, 1.165) is 26.1 Å². The van der Waals surface area contributed by atoms with E-state index in [1.807, 2.05) is 0 Å². The summed E-state index contributed by atoms with van der Waals surface area (Å²) >= 11 is 0. The second-order valence-electron chi connectivity index (χ2n) is 4.78. The summed E-state index contributed by atoms with van der Waals surface area (Å²) in [6.07, 6.45) is 2.31. The number of likely N-dealkylation sites (tertiary alicyclic amines) is 1. The molecule has 20 heavy (non-hydrogen) atoms. The highest BCUT2D eigenvalue weighted by Crippen LogP contribution is 2.09. The summed E-state index contributed by atoms with van der Waals surface area (Å²) in [5.41, 5.74) is 0.648. The summed E-state index contributed by atoms with van der Waals surface area (Å²) in [5, 5.41) is 2.96. The fourth-order valence-electron chi connectivity index (χ4n) is 2.26. The number of carbonyl (C=O) groups excluding carboxylic acids is 2. The molecule has 2 heterocycles. The highest BCUT2D eigenvalue weighted by Gasteiger charge is 2.23. The quantitative estimate of drug-likeness (QED) is 0.820. The fraction of sp³-hybridized carbons (Fsp3) is 0.500. The minimum atomic E-state index is -0.459. The zero-order valence-electron chi connectivity index (χ0n) is 11.8. The Morgan fingerprint density at radius 1 is 1.50 bits per heavy atom. The smallest absolute Gasteiger partial charge is 0.339 e. The first kappa shape index (κ1) is 14.5. The maximum absolute atomic E-state index is 12.0. The van der Waals surface area contributed by atoms with Crippen LogP contribution in [0.1, 0.15) is 34.2 Å². The number of aromatic nitrogens is 1. The van der Waals surface area contributed by atoms with Gasteiger partial charge in [-0.3, -0.25) is 9.78 Å². The van der Waals surface area contributed by atoms with Crippen molar-refractivity contribution in [1.82, 2.24) is 15.2 Å². The van der Waals surface area contributed by atoms with Gasteiger partial charge in [-0.05, 0) is 25.1 Å². The normalized spacial score (nSPS) is 18.8. The molecule has 6 heteroatoms. The third-order valence-corrected chi connectivity index (χ3v) is 3.47. The van der Waals surface area contributed by atoms with E-state index >= 15 is 0 Å². The molecule has 1 unspecified atom stereocenters. The van der Waals surface area contributed by atoms with E-state index in [1.54, 1.807) is 6.07 Å². The van der Waals surface area contributed by atoms with Gasteiger partial charge in [0.15, 0.2) is 0 Å². The lowest BCUT2D eigenvalue weighted by atomic mass is 10.2. The molecular weight excluding hydrogens is 258 g/mol. The molecule has 0 bridgehead atoms. The Morgan fingerprint density at radius 2 is 2.30 bits per heavy atom. The first-order valence-corrected chi connectivity index (χ1v) is 6.71. The van der Waals surface area contributed by atoms with Crippen LogP contribution in [-0.4, -0.2) is 54.5 Å². The first-order valence-electron chi connectivity index (χ1n) is 6.71. The molecule has 0 aliphatic carbocycles. The average Bonchev–Trinajstić information content (AvgIpc) is 2.94. The van der Waals surface area contributed by atoms with E-state index in [1.165, 1.54) is 19.4 Å². The van der Waals surface area contributed by atoms with Gasteiger partial charge in [0.1, 0.15) is 5.69 Å². The Morgan fingerprint density at radius 3 is 2.85 bits per heavy atom. The van der Waals surface area contributed by atoms with E-state index in [4.69, 9.17) is 0 Å². The van der Waals surface area contributed by atoms with Crippen LogP contribution in [0.15, 0.2) is 18.3 Å².